The van der Waals surface area contributed by atoms with E-state index < -0.39 is 5.97 Å². The topological polar surface area (TPSA) is 37.3 Å². The fraction of sp³-hybridized carbons (Fsp3) is 0.875. The second-order valence-electron chi connectivity index (χ2n) is 2.59. The van der Waals surface area contributed by atoms with Crippen LogP contribution in [0.15, 0.2) is 0 Å². The van der Waals surface area contributed by atoms with Crippen LogP contribution in [0.4, 0.5) is 0 Å². The maximum atomic E-state index is 10.4. The third kappa shape index (κ3) is 6.39. The van der Waals surface area contributed by atoms with Crippen molar-refractivity contribution in [3.8, 4) is 0 Å². The average molecular weight is 199 g/mol. The van der Waals surface area contributed by atoms with Crippen LogP contribution >= 0.6 is 0 Å². The Balaban J connectivity index is 0. The first kappa shape index (κ1) is 13.6. The average Bonchev–Trinajstić information content (AvgIpc) is 1.89. The largest absolute Gasteiger partial charge is 2.00 e. The third-order valence-electron chi connectivity index (χ3n) is 1.75. The molecule has 0 heterocycles. The number of hydrogen-bond acceptors (Lipinski definition) is 1. The van der Waals surface area contributed by atoms with Crippen LogP contribution in [0.5, 0.6) is 0 Å². The van der Waals surface area contributed by atoms with Gasteiger partial charge >= 0.3 is 23.0 Å². The Bertz CT molecular complexity index is 104. The second-order valence-corrected chi connectivity index (χ2v) is 2.59. The Kier molecular flexibility index (Phi) is 9.98. The molecule has 0 spiro atoms. The van der Waals surface area contributed by atoms with E-state index in [1.807, 2.05) is 6.92 Å². The maximum absolute atomic E-state index is 10.4. The normalized spacial score (nSPS) is 11.8. The number of hydrogen-bond donors (Lipinski definition) is 1. The van der Waals surface area contributed by atoms with Crippen molar-refractivity contribution >= 4 is 5.97 Å². The molecule has 0 aromatic rings. The summed E-state index contributed by atoms with van der Waals surface area (Å²) >= 11 is 0. The number of aliphatic carboxylic acids is 1. The number of unbranched alkanes of at least 4 members (excludes halogenated alkanes) is 1. The van der Waals surface area contributed by atoms with Gasteiger partial charge in [0.05, 0.1) is 5.92 Å². The maximum Gasteiger partial charge on any atom is 2.00 e. The van der Waals surface area contributed by atoms with Crippen molar-refractivity contribution in [3.05, 3.63) is 0 Å². The molecule has 65 valence electrons. The minimum atomic E-state index is -0.643. The van der Waals surface area contributed by atoms with Crippen molar-refractivity contribution < 1.29 is 27.0 Å². The summed E-state index contributed by atoms with van der Waals surface area (Å²) < 4.78 is 0. The van der Waals surface area contributed by atoms with E-state index in [9.17, 15) is 4.79 Å². The van der Waals surface area contributed by atoms with Crippen LogP contribution in [0.3, 0.4) is 0 Å². The zero-order valence-electron chi connectivity index (χ0n) is 7.14. The summed E-state index contributed by atoms with van der Waals surface area (Å²) in [7, 11) is 0. The summed E-state index contributed by atoms with van der Waals surface area (Å²) in [5, 5.41) is 8.60. The molecule has 0 aromatic carbocycles. The number of rotatable bonds is 5. The van der Waals surface area contributed by atoms with Crippen LogP contribution < -0.4 is 0 Å². The third-order valence-corrected chi connectivity index (χ3v) is 1.75. The van der Waals surface area contributed by atoms with Gasteiger partial charge in [-0.25, -0.2) is 0 Å². The number of carbonyl (C=O) groups is 1. The van der Waals surface area contributed by atoms with E-state index in [2.05, 4.69) is 6.92 Å². The molecule has 0 aliphatic rings. The van der Waals surface area contributed by atoms with Crippen molar-refractivity contribution in [2.75, 3.05) is 0 Å². The molecule has 1 atom stereocenters. The standard InChI is InChI=1S/C8H16O2.Mn/c1-3-5-6-7(4-2)8(9)10;/h7H,3-6H2,1-2H3,(H,9,10);/q;+2. The molecule has 0 saturated carbocycles. The van der Waals surface area contributed by atoms with Crippen molar-refractivity contribution in [1.29, 1.82) is 0 Å². The van der Waals surface area contributed by atoms with Gasteiger partial charge in [0.25, 0.3) is 0 Å². The van der Waals surface area contributed by atoms with Gasteiger partial charge < -0.3 is 5.11 Å². The second kappa shape index (κ2) is 8.09. The van der Waals surface area contributed by atoms with Crippen molar-refractivity contribution in [2.24, 2.45) is 5.92 Å². The molecule has 0 aliphatic carbocycles. The molecule has 1 radical (unpaired) electrons. The van der Waals surface area contributed by atoms with Gasteiger partial charge in [0.1, 0.15) is 0 Å². The van der Waals surface area contributed by atoms with Gasteiger partial charge in [0.2, 0.25) is 0 Å². The van der Waals surface area contributed by atoms with E-state index in [1.165, 1.54) is 0 Å². The molecular formula is C8H16MnO2+2. The van der Waals surface area contributed by atoms with Crippen LogP contribution in [-0.4, -0.2) is 11.1 Å². The van der Waals surface area contributed by atoms with Gasteiger partial charge in [0.15, 0.2) is 0 Å². The first-order chi connectivity index (χ1) is 4.72. The van der Waals surface area contributed by atoms with Crippen molar-refractivity contribution in [3.63, 3.8) is 0 Å². The van der Waals surface area contributed by atoms with Gasteiger partial charge in [-0.15, -0.1) is 0 Å². The first-order valence-corrected chi connectivity index (χ1v) is 3.95. The first-order valence-electron chi connectivity index (χ1n) is 3.95. The SMILES string of the molecule is CCCCC(CC)C(=O)O.[Mn+2]. The zero-order valence-corrected chi connectivity index (χ0v) is 8.32. The monoisotopic (exact) mass is 199 g/mol. The van der Waals surface area contributed by atoms with E-state index >= 15 is 0 Å². The minimum Gasteiger partial charge on any atom is -0.481 e. The van der Waals surface area contributed by atoms with E-state index in [1.54, 1.807) is 0 Å². The summed E-state index contributed by atoms with van der Waals surface area (Å²) in [6.45, 7) is 4.00. The molecule has 2 nitrogen and oxygen atoms in total. The molecule has 0 amide bonds. The molecule has 1 N–H and O–H groups in total. The quantitative estimate of drug-likeness (QED) is 0.689. The molecule has 3 heteroatoms. The van der Waals surface area contributed by atoms with E-state index in [0.29, 0.717) is 0 Å². The van der Waals surface area contributed by atoms with Crippen LogP contribution in [0.1, 0.15) is 39.5 Å². The number of carboxylic acid groups (broad SMARTS) is 1. The Hall–Kier alpha value is -0.0105. The number of carboxylic acids is 1. The fourth-order valence-corrected chi connectivity index (χ4v) is 0.953. The van der Waals surface area contributed by atoms with E-state index in [-0.39, 0.29) is 23.0 Å². The molecule has 0 fully saturated rings. The Morgan fingerprint density at radius 1 is 1.45 bits per heavy atom. The summed E-state index contributed by atoms with van der Waals surface area (Å²) in [4.78, 5) is 10.4. The fourth-order valence-electron chi connectivity index (χ4n) is 0.953. The molecule has 0 aliphatic heterocycles. The van der Waals surface area contributed by atoms with Gasteiger partial charge in [-0.2, -0.15) is 0 Å². The summed E-state index contributed by atoms with van der Waals surface area (Å²) in [6.07, 6.45) is 3.71. The molecule has 11 heavy (non-hydrogen) atoms. The molecule has 0 aromatic heterocycles. The van der Waals surface area contributed by atoms with Gasteiger partial charge in [0, 0.05) is 0 Å². The zero-order chi connectivity index (χ0) is 7.98. The Morgan fingerprint density at radius 3 is 2.27 bits per heavy atom. The van der Waals surface area contributed by atoms with Crippen LogP contribution in [0.2, 0.25) is 0 Å². The van der Waals surface area contributed by atoms with E-state index in [4.69, 9.17) is 5.11 Å². The van der Waals surface area contributed by atoms with Crippen molar-refractivity contribution in [1.82, 2.24) is 0 Å². The molecular weight excluding hydrogens is 183 g/mol. The Morgan fingerprint density at radius 2 is 2.00 bits per heavy atom. The Labute approximate surface area is 78.8 Å². The molecule has 0 rings (SSSR count). The predicted octanol–water partition coefficient (Wildman–Crippen LogP) is 2.28. The summed E-state index contributed by atoms with van der Waals surface area (Å²) in [5.74, 6) is -0.754. The van der Waals surface area contributed by atoms with Gasteiger partial charge in [-0.1, -0.05) is 26.7 Å². The smallest absolute Gasteiger partial charge is 0.481 e. The molecule has 0 bridgehead atoms. The molecule has 1 unspecified atom stereocenters. The van der Waals surface area contributed by atoms with E-state index in [0.717, 1.165) is 25.7 Å². The summed E-state index contributed by atoms with van der Waals surface area (Å²) in [5.41, 5.74) is 0. The summed E-state index contributed by atoms with van der Waals surface area (Å²) in [6, 6.07) is 0. The molecule has 0 saturated heterocycles. The predicted molar refractivity (Wildman–Crippen MR) is 40.9 cm³/mol. The van der Waals surface area contributed by atoms with Crippen molar-refractivity contribution in [2.45, 2.75) is 39.5 Å². The minimum absolute atomic E-state index is 0. The van der Waals surface area contributed by atoms with Crippen LogP contribution in [0.25, 0.3) is 0 Å². The van der Waals surface area contributed by atoms with Crippen LogP contribution in [0, 0.1) is 5.92 Å². The van der Waals surface area contributed by atoms with Crippen LogP contribution in [-0.2, 0) is 21.9 Å². The van der Waals surface area contributed by atoms with Gasteiger partial charge in [-0.3, -0.25) is 4.79 Å². The van der Waals surface area contributed by atoms with Gasteiger partial charge in [-0.05, 0) is 12.8 Å².